The van der Waals surface area contributed by atoms with Gasteiger partial charge in [0.1, 0.15) is 18.5 Å². The Kier molecular flexibility index (Phi) is 5.44. The Hall–Kier alpha value is -2.73. The van der Waals surface area contributed by atoms with Crippen molar-refractivity contribution in [3.63, 3.8) is 0 Å². The lowest BCUT2D eigenvalue weighted by molar-refractivity contribution is 0.0941. The van der Waals surface area contributed by atoms with E-state index in [1.54, 1.807) is 4.90 Å². The topological polar surface area (TPSA) is 54.0 Å². The van der Waals surface area contributed by atoms with Crippen molar-refractivity contribution in [2.75, 3.05) is 44.2 Å². The number of carbonyl (C=O) groups excluding carboxylic acids is 1. The molecule has 27 heavy (non-hydrogen) atoms. The Bertz CT molecular complexity index is 756. The summed E-state index contributed by atoms with van der Waals surface area (Å²) >= 11 is 0. The normalized spacial score (nSPS) is 17.3. The van der Waals surface area contributed by atoms with Crippen LogP contribution >= 0.6 is 0 Å². The van der Waals surface area contributed by atoms with Crippen molar-refractivity contribution in [1.82, 2.24) is 10.2 Å². The van der Waals surface area contributed by atoms with E-state index in [-0.39, 0.29) is 12.2 Å². The molecule has 2 aliphatic heterocycles. The Labute approximate surface area is 159 Å². The summed E-state index contributed by atoms with van der Waals surface area (Å²) in [6.07, 6.45) is 0.0320. The number of amides is 1. The van der Waals surface area contributed by atoms with Gasteiger partial charge in [-0.25, -0.2) is 4.79 Å². The van der Waals surface area contributed by atoms with Gasteiger partial charge in [-0.05, 0) is 17.7 Å². The second-order valence-electron chi connectivity index (χ2n) is 6.91. The van der Waals surface area contributed by atoms with Gasteiger partial charge in [0.25, 0.3) is 0 Å². The molecule has 2 aliphatic rings. The van der Waals surface area contributed by atoms with Gasteiger partial charge >= 0.3 is 6.09 Å². The third-order valence-corrected chi connectivity index (χ3v) is 4.97. The van der Waals surface area contributed by atoms with Gasteiger partial charge in [0.2, 0.25) is 0 Å². The molecule has 2 aromatic carbocycles. The van der Waals surface area contributed by atoms with E-state index in [0.29, 0.717) is 19.7 Å². The molecule has 0 aliphatic carbocycles. The maximum atomic E-state index is 12.3. The maximum Gasteiger partial charge on any atom is 0.410 e. The number of hydrogen-bond donors (Lipinski definition) is 1. The van der Waals surface area contributed by atoms with Gasteiger partial charge in [0.05, 0.1) is 0 Å². The van der Waals surface area contributed by atoms with Gasteiger partial charge in [0, 0.05) is 51.0 Å². The molecule has 6 heteroatoms. The van der Waals surface area contributed by atoms with Gasteiger partial charge in [-0.3, -0.25) is 0 Å². The summed E-state index contributed by atoms with van der Waals surface area (Å²) in [4.78, 5) is 16.4. The summed E-state index contributed by atoms with van der Waals surface area (Å²) in [7, 11) is 0. The number of carbonyl (C=O) groups is 1. The molecule has 0 atom stereocenters. The van der Waals surface area contributed by atoms with Crippen LogP contribution in [0.5, 0.6) is 5.75 Å². The smallest absolute Gasteiger partial charge is 0.410 e. The molecule has 1 N–H and O–H groups in total. The summed E-state index contributed by atoms with van der Waals surface area (Å²) in [6, 6.07) is 18.0. The number of piperazine rings is 1. The third-order valence-electron chi connectivity index (χ3n) is 4.97. The molecule has 6 nitrogen and oxygen atoms in total. The molecule has 1 amide bonds. The first-order chi connectivity index (χ1) is 13.3. The van der Waals surface area contributed by atoms with Crippen LogP contribution in [-0.4, -0.2) is 56.4 Å². The van der Waals surface area contributed by atoms with Crippen LogP contribution in [0.2, 0.25) is 0 Å². The number of hydrogen-bond acceptors (Lipinski definition) is 5. The van der Waals surface area contributed by atoms with Gasteiger partial charge in [-0.2, -0.15) is 0 Å². The first kappa shape index (κ1) is 17.7. The number of ether oxygens (including phenoxy) is 2. The van der Waals surface area contributed by atoms with Crippen LogP contribution in [0.1, 0.15) is 5.56 Å². The molecule has 0 spiro atoms. The standard InChI is InChI=1S/C21H25N3O3/c25-21(26-16-17-5-2-1-3-6-17)24-11-9-23(10-12-24)18-7-4-8-19(13-18)27-20-14-22-15-20/h1-8,13,20,22H,9-12,14-16H2. The summed E-state index contributed by atoms with van der Waals surface area (Å²) in [5.74, 6) is 0.906. The largest absolute Gasteiger partial charge is 0.488 e. The highest BCUT2D eigenvalue weighted by Crippen LogP contribution is 2.24. The van der Waals surface area contributed by atoms with E-state index in [1.807, 2.05) is 42.5 Å². The molecule has 2 fully saturated rings. The first-order valence-corrected chi connectivity index (χ1v) is 9.46. The van der Waals surface area contributed by atoms with E-state index in [0.717, 1.165) is 43.2 Å². The van der Waals surface area contributed by atoms with Crippen molar-refractivity contribution in [3.05, 3.63) is 60.2 Å². The highest BCUT2D eigenvalue weighted by Gasteiger charge is 2.23. The van der Waals surface area contributed by atoms with Crippen molar-refractivity contribution < 1.29 is 14.3 Å². The van der Waals surface area contributed by atoms with E-state index < -0.39 is 0 Å². The van der Waals surface area contributed by atoms with E-state index in [4.69, 9.17) is 9.47 Å². The van der Waals surface area contributed by atoms with Crippen molar-refractivity contribution in [2.24, 2.45) is 0 Å². The molecule has 0 aromatic heterocycles. The van der Waals surface area contributed by atoms with Crippen LogP contribution in [0.25, 0.3) is 0 Å². The molecule has 2 heterocycles. The average molecular weight is 367 g/mol. The quantitative estimate of drug-likeness (QED) is 0.880. The minimum atomic E-state index is -0.243. The van der Waals surface area contributed by atoms with Crippen LogP contribution in [-0.2, 0) is 11.3 Å². The number of rotatable bonds is 5. The van der Waals surface area contributed by atoms with Crippen molar-refractivity contribution >= 4 is 11.8 Å². The van der Waals surface area contributed by atoms with Crippen LogP contribution in [0.4, 0.5) is 10.5 Å². The fourth-order valence-electron chi connectivity index (χ4n) is 3.25. The number of benzene rings is 2. The zero-order valence-electron chi connectivity index (χ0n) is 15.3. The van der Waals surface area contributed by atoms with Crippen LogP contribution in [0.15, 0.2) is 54.6 Å². The summed E-state index contributed by atoms with van der Waals surface area (Å²) in [5, 5.41) is 3.21. The molecular weight excluding hydrogens is 342 g/mol. The molecule has 0 saturated carbocycles. The number of anilines is 1. The minimum Gasteiger partial charge on any atom is -0.488 e. The van der Waals surface area contributed by atoms with E-state index in [9.17, 15) is 4.79 Å². The van der Waals surface area contributed by atoms with E-state index in [1.165, 1.54) is 0 Å². The Morgan fingerprint density at radius 2 is 1.78 bits per heavy atom. The Morgan fingerprint density at radius 1 is 1.00 bits per heavy atom. The first-order valence-electron chi connectivity index (χ1n) is 9.46. The molecule has 0 radical (unpaired) electrons. The number of nitrogens with zero attached hydrogens (tertiary/aromatic N) is 2. The molecule has 4 rings (SSSR count). The zero-order valence-corrected chi connectivity index (χ0v) is 15.3. The molecule has 142 valence electrons. The second-order valence-corrected chi connectivity index (χ2v) is 6.91. The predicted octanol–water partition coefficient (Wildman–Crippen LogP) is 2.50. The predicted molar refractivity (Wildman–Crippen MR) is 104 cm³/mol. The zero-order chi connectivity index (χ0) is 18.5. The van der Waals surface area contributed by atoms with Crippen LogP contribution in [0.3, 0.4) is 0 Å². The lowest BCUT2D eigenvalue weighted by Gasteiger charge is -2.35. The molecule has 2 aromatic rings. The lowest BCUT2D eigenvalue weighted by atomic mass is 10.2. The molecule has 0 bridgehead atoms. The van der Waals surface area contributed by atoms with E-state index >= 15 is 0 Å². The molecular formula is C21H25N3O3. The average Bonchev–Trinajstić information content (AvgIpc) is 2.70. The fourth-order valence-corrected chi connectivity index (χ4v) is 3.25. The molecule has 0 unspecified atom stereocenters. The Balaban J connectivity index is 1.27. The SMILES string of the molecule is O=C(OCc1ccccc1)N1CCN(c2cccc(OC3CNC3)c2)CC1. The minimum absolute atomic E-state index is 0.243. The van der Waals surface area contributed by atoms with Gasteiger partial charge in [-0.1, -0.05) is 36.4 Å². The number of nitrogens with one attached hydrogen (secondary N) is 1. The van der Waals surface area contributed by atoms with E-state index in [2.05, 4.69) is 22.3 Å². The summed E-state index contributed by atoms with van der Waals surface area (Å²) in [6.45, 7) is 5.03. The lowest BCUT2D eigenvalue weighted by Crippen LogP contribution is -2.50. The fraction of sp³-hybridized carbons (Fsp3) is 0.381. The second kappa shape index (κ2) is 8.31. The van der Waals surface area contributed by atoms with Gasteiger partial charge in [-0.15, -0.1) is 0 Å². The van der Waals surface area contributed by atoms with Gasteiger partial charge < -0.3 is 24.6 Å². The third kappa shape index (κ3) is 4.52. The monoisotopic (exact) mass is 367 g/mol. The van der Waals surface area contributed by atoms with Crippen LogP contribution < -0.4 is 15.0 Å². The summed E-state index contributed by atoms with van der Waals surface area (Å²) < 4.78 is 11.4. The Morgan fingerprint density at radius 3 is 2.48 bits per heavy atom. The van der Waals surface area contributed by atoms with Crippen molar-refractivity contribution in [3.8, 4) is 5.75 Å². The van der Waals surface area contributed by atoms with Crippen molar-refractivity contribution in [2.45, 2.75) is 12.7 Å². The molecule has 2 saturated heterocycles. The van der Waals surface area contributed by atoms with Crippen molar-refractivity contribution in [1.29, 1.82) is 0 Å². The highest BCUT2D eigenvalue weighted by atomic mass is 16.6. The van der Waals surface area contributed by atoms with Gasteiger partial charge in [0.15, 0.2) is 0 Å². The summed E-state index contributed by atoms with van der Waals surface area (Å²) in [5.41, 5.74) is 2.14. The highest BCUT2D eigenvalue weighted by molar-refractivity contribution is 5.68. The van der Waals surface area contributed by atoms with Crippen LogP contribution in [0, 0.1) is 0 Å². The maximum absolute atomic E-state index is 12.3.